The molecule has 0 saturated carbocycles. The first kappa shape index (κ1) is 18.1. The smallest absolute Gasteiger partial charge is 0.317 e. The molecule has 2 amide bonds. The molecule has 0 aliphatic carbocycles. The van der Waals surface area contributed by atoms with Gasteiger partial charge in [-0.2, -0.15) is 0 Å². The SMILES string of the molecule is CCC(CC)(CNC(=O)N1CCC(CO)C1)c1ccc(Cl)cc1. The zero-order chi connectivity index (χ0) is 16.9. The maximum atomic E-state index is 12.4. The Kier molecular flexibility index (Phi) is 6.31. The number of nitrogens with one attached hydrogen (secondary N) is 1. The molecule has 0 aromatic heterocycles. The van der Waals surface area contributed by atoms with Gasteiger partial charge in [0.05, 0.1) is 0 Å². The molecule has 0 bridgehead atoms. The van der Waals surface area contributed by atoms with Crippen LogP contribution in [0.25, 0.3) is 0 Å². The Hall–Kier alpha value is -1.26. The molecule has 23 heavy (non-hydrogen) atoms. The van der Waals surface area contributed by atoms with Gasteiger partial charge >= 0.3 is 6.03 Å². The lowest BCUT2D eigenvalue weighted by molar-refractivity contribution is 0.195. The van der Waals surface area contributed by atoms with Gasteiger partial charge in [-0.25, -0.2) is 4.79 Å². The highest BCUT2D eigenvalue weighted by Gasteiger charge is 2.31. The molecule has 1 saturated heterocycles. The summed E-state index contributed by atoms with van der Waals surface area (Å²) in [4.78, 5) is 14.2. The molecular weight excluding hydrogens is 312 g/mol. The van der Waals surface area contributed by atoms with Crippen LogP contribution in [0.2, 0.25) is 5.02 Å². The normalized spacial score (nSPS) is 18.3. The van der Waals surface area contributed by atoms with Crippen molar-refractivity contribution in [2.45, 2.75) is 38.5 Å². The second kappa shape index (κ2) is 8.02. The van der Waals surface area contributed by atoms with E-state index in [9.17, 15) is 9.90 Å². The number of carbonyl (C=O) groups is 1. The summed E-state index contributed by atoms with van der Waals surface area (Å²) in [6, 6.07) is 7.90. The van der Waals surface area contributed by atoms with Crippen LogP contribution < -0.4 is 5.32 Å². The van der Waals surface area contributed by atoms with E-state index < -0.39 is 0 Å². The first-order valence-electron chi connectivity index (χ1n) is 8.44. The predicted molar refractivity (Wildman–Crippen MR) is 93.9 cm³/mol. The van der Waals surface area contributed by atoms with Crippen molar-refractivity contribution in [1.82, 2.24) is 10.2 Å². The molecule has 128 valence electrons. The van der Waals surface area contributed by atoms with E-state index >= 15 is 0 Å². The molecule has 1 heterocycles. The molecule has 0 spiro atoms. The van der Waals surface area contributed by atoms with Crippen LogP contribution in [0.3, 0.4) is 0 Å². The topological polar surface area (TPSA) is 52.6 Å². The summed E-state index contributed by atoms with van der Waals surface area (Å²) in [5.74, 6) is 0.221. The van der Waals surface area contributed by atoms with E-state index in [1.807, 2.05) is 12.1 Å². The van der Waals surface area contributed by atoms with E-state index in [0.29, 0.717) is 13.1 Å². The largest absolute Gasteiger partial charge is 0.396 e. The molecule has 1 aliphatic rings. The Morgan fingerprint density at radius 3 is 2.52 bits per heavy atom. The fraction of sp³-hybridized carbons (Fsp3) is 0.611. The van der Waals surface area contributed by atoms with Crippen molar-refractivity contribution in [3.05, 3.63) is 34.9 Å². The first-order chi connectivity index (χ1) is 11.0. The number of aliphatic hydroxyl groups is 1. The van der Waals surface area contributed by atoms with Crippen LogP contribution in [0.5, 0.6) is 0 Å². The molecule has 1 aromatic rings. The predicted octanol–water partition coefficient (Wildman–Crippen LogP) is 3.42. The van der Waals surface area contributed by atoms with Gasteiger partial charge < -0.3 is 15.3 Å². The summed E-state index contributed by atoms with van der Waals surface area (Å²) in [6.45, 7) is 6.45. The molecule has 2 rings (SSSR count). The van der Waals surface area contributed by atoms with E-state index in [1.54, 1.807) is 4.90 Å². The molecule has 2 N–H and O–H groups in total. The lowest BCUT2D eigenvalue weighted by Gasteiger charge is -2.33. The maximum Gasteiger partial charge on any atom is 0.317 e. The minimum Gasteiger partial charge on any atom is -0.396 e. The van der Waals surface area contributed by atoms with Crippen molar-refractivity contribution in [1.29, 1.82) is 0 Å². The van der Waals surface area contributed by atoms with Crippen molar-refractivity contribution < 1.29 is 9.90 Å². The number of carbonyl (C=O) groups excluding carboxylic acids is 1. The lowest BCUT2D eigenvalue weighted by Crippen LogP contribution is -2.45. The van der Waals surface area contributed by atoms with E-state index in [-0.39, 0.29) is 24.0 Å². The fourth-order valence-electron chi connectivity index (χ4n) is 3.34. The van der Waals surface area contributed by atoms with Gasteiger partial charge in [0.15, 0.2) is 0 Å². The van der Waals surface area contributed by atoms with E-state index in [2.05, 4.69) is 31.3 Å². The second-order valence-corrected chi connectivity index (χ2v) is 6.87. The third kappa shape index (κ3) is 4.18. The van der Waals surface area contributed by atoms with Gasteiger partial charge in [0.25, 0.3) is 0 Å². The van der Waals surface area contributed by atoms with E-state index in [4.69, 9.17) is 11.6 Å². The van der Waals surface area contributed by atoms with Crippen LogP contribution in [0, 0.1) is 5.92 Å². The number of amides is 2. The molecule has 0 radical (unpaired) electrons. The number of nitrogens with zero attached hydrogens (tertiary/aromatic N) is 1. The summed E-state index contributed by atoms with van der Waals surface area (Å²) in [6.07, 6.45) is 2.78. The number of benzene rings is 1. The highest BCUT2D eigenvalue weighted by molar-refractivity contribution is 6.30. The standard InChI is InChI=1S/C18H27ClN2O2/c1-3-18(4-2,15-5-7-16(19)8-6-15)13-20-17(23)21-10-9-14(11-21)12-22/h5-8,14,22H,3-4,9-13H2,1-2H3,(H,20,23). The molecule has 1 atom stereocenters. The number of urea groups is 1. The summed E-state index contributed by atoms with van der Waals surface area (Å²) in [5, 5.41) is 13.0. The Morgan fingerprint density at radius 2 is 2.00 bits per heavy atom. The van der Waals surface area contributed by atoms with Gasteiger partial charge in [0.1, 0.15) is 0 Å². The van der Waals surface area contributed by atoms with Crippen LogP contribution in [-0.2, 0) is 5.41 Å². The highest BCUT2D eigenvalue weighted by atomic mass is 35.5. The van der Waals surface area contributed by atoms with Gasteiger partial charge in [-0.05, 0) is 37.0 Å². The molecular formula is C18H27ClN2O2. The lowest BCUT2D eigenvalue weighted by atomic mass is 9.76. The minimum atomic E-state index is -0.0731. The average molecular weight is 339 g/mol. The van der Waals surface area contributed by atoms with Crippen molar-refractivity contribution in [3.63, 3.8) is 0 Å². The van der Waals surface area contributed by atoms with Crippen molar-refractivity contribution in [2.24, 2.45) is 5.92 Å². The van der Waals surface area contributed by atoms with Crippen molar-refractivity contribution in [3.8, 4) is 0 Å². The summed E-state index contributed by atoms with van der Waals surface area (Å²) < 4.78 is 0. The zero-order valence-corrected chi connectivity index (χ0v) is 14.8. The van der Waals surface area contributed by atoms with Gasteiger partial charge in [-0.3, -0.25) is 0 Å². The van der Waals surface area contributed by atoms with Crippen LogP contribution >= 0.6 is 11.6 Å². The molecule has 5 heteroatoms. The Balaban J connectivity index is 2.02. The molecule has 1 unspecified atom stereocenters. The van der Waals surface area contributed by atoms with E-state index in [0.717, 1.165) is 30.8 Å². The van der Waals surface area contributed by atoms with Crippen molar-refractivity contribution in [2.75, 3.05) is 26.2 Å². The van der Waals surface area contributed by atoms with Crippen LogP contribution in [0.4, 0.5) is 4.79 Å². The fourth-order valence-corrected chi connectivity index (χ4v) is 3.46. The summed E-state index contributed by atoms with van der Waals surface area (Å²) in [5.41, 5.74) is 1.14. The van der Waals surface area contributed by atoms with Crippen molar-refractivity contribution >= 4 is 17.6 Å². The molecule has 1 aliphatic heterocycles. The number of hydrogen-bond acceptors (Lipinski definition) is 2. The Bertz CT molecular complexity index is 514. The maximum absolute atomic E-state index is 12.4. The summed E-state index contributed by atoms with van der Waals surface area (Å²) in [7, 11) is 0. The van der Waals surface area contributed by atoms with Gasteiger partial charge in [0.2, 0.25) is 0 Å². The van der Waals surface area contributed by atoms with Crippen LogP contribution in [0.1, 0.15) is 38.7 Å². The number of rotatable bonds is 6. The minimum absolute atomic E-state index is 0.0267. The second-order valence-electron chi connectivity index (χ2n) is 6.44. The summed E-state index contributed by atoms with van der Waals surface area (Å²) >= 11 is 5.99. The third-order valence-corrected chi connectivity index (χ3v) is 5.47. The molecule has 4 nitrogen and oxygen atoms in total. The Labute approximate surface area is 143 Å². The quantitative estimate of drug-likeness (QED) is 0.835. The number of halogens is 1. The van der Waals surface area contributed by atoms with Gasteiger partial charge in [-0.1, -0.05) is 37.6 Å². The molecule has 1 aromatic carbocycles. The first-order valence-corrected chi connectivity index (χ1v) is 8.82. The van der Waals surface area contributed by atoms with Crippen LogP contribution in [-0.4, -0.2) is 42.3 Å². The number of hydrogen-bond donors (Lipinski definition) is 2. The third-order valence-electron chi connectivity index (χ3n) is 5.22. The zero-order valence-electron chi connectivity index (χ0n) is 14.0. The number of aliphatic hydroxyl groups excluding tert-OH is 1. The van der Waals surface area contributed by atoms with Crippen LogP contribution in [0.15, 0.2) is 24.3 Å². The van der Waals surface area contributed by atoms with E-state index in [1.165, 1.54) is 5.56 Å². The average Bonchev–Trinajstić information content (AvgIpc) is 3.06. The number of likely N-dealkylation sites (tertiary alicyclic amines) is 1. The van der Waals surface area contributed by atoms with Gasteiger partial charge in [0, 0.05) is 42.6 Å². The Morgan fingerprint density at radius 1 is 1.35 bits per heavy atom. The molecule has 1 fully saturated rings. The monoisotopic (exact) mass is 338 g/mol. The highest BCUT2D eigenvalue weighted by Crippen LogP contribution is 2.32. The van der Waals surface area contributed by atoms with Gasteiger partial charge in [-0.15, -0.1) is 0 Å².